The predicted octanol–water partition coefficient (Wildman–Crippen LogP) is 4.42. The summed E-state index contributed by atoms with van der Waals surface area (Å²) in [5.74, 6) is -0.798. The molecule has 2 aromatic carbocycles. The highest BCUT2D eigenvalue weighted by atomic mass is 16.5. The number of rotatable bonds is 10. The highest BCUT2D eigenvalue weighted by Crippen LogP contribution is 2.37. The van der Waals surface area contributed by atoms with Crippen molar-refractivity contribution in [3.05, 3.63) is 82.9 Å². The molecule has 1 aliphatic rings. The van der Waals surface area contributed by atoms with Crippen LogP contribution < -0.4 is 4.90 Å². The molecule has 3 aromatic rings. The first kappa shape index (κ1) is 24.9. The van der Waals surface area contributed by atoms with Gasteiger partial charge in [-0.2, -0.15) is 0 Å². The molecule has 1 amide bonds. The second kappa shape index (κ2) is 11.0. The van der Waals surface area contributed by atoms with Gasteiger partial charge >= 0.3 is 11.9 Å². The monoisotopic (exact) mass is 487 g/mol. The first-order valence-corrected chi connectivity index (χ1v) is 12.1. The number of carbonyl (C=O) groups excluding carboxylic acids is 2. The van der Waals surface area contributed by atoms with E-state index in [0.717, 1.165) is 41.9 Å². The van der Waals surface area contributed by atoms with E-state index >= 15 is 0 Å². The highest BCUT2D eigenvalue weighted by Gasteiger charge is 2.34. The van der Waals surface area contributed by atoms with Crippen LogP contribution in [0.1, 0.15) is 59.7 Å². The Balaban J connectivity index is 1.71. The van der Waals surface area contributed by atoms with Crippen LogP contribution in [-0.4, -0.2) is 45.7 Å². The molecule has 0 saturated heterocycles. The lowest BCUT2D eigenvalue weighted by Gasteiger charge is -2.15. The van der Waals surface area contributed by atoms with E-state index in [-0.39, 0.29) is 24.6 Å². The molecule has 1 aliphatic heterocycles. The van der Waals surface area contributed by atoms with Crippen molar-refractivity contribution in [1.29, 1.82) is 0 Å². The standard InChI is InChI=1S/C28H29N3O5/c1-3-5-10-25-29-16-21(30(25)17-19-11-13-20(14-12-19)28(34)35)15-23-22-8-6-7-9-24(22)31(27(23)33)18-26(32)36-4-2/h6-9,11-16H,3-5,10,17-18H2,1-2H3,(H,34,35). The Bertz CT molecular complexity index is 1310. The number of carboxylic acid groups (broad SMARTS) is 1. The van der Waals surface area contributed by atoms with E-state index in [1.165, 1.54) is 4.90 Å². The number of para-hydroxylation sites is 1. The molecule has 36 heavy (non-hydrogen) atoms. The number of benzene rings is 2. The molecule has 0 saturated carbocycles. The molecule has 1 N–H and O–H groups in total. The number of ether oxygens (including phenoxy) is 1. The molecule has 0 aliphatic carbocycles. The highest BCUT2D eigenvalue weighted by molar-refractivity contribution is 6.36. The molecule has 0 fully saturated rings. The first-order valence-electron chi connectivity index (χ1n) is 12.1. The van der Waals surface area contributed by atoms with Gasteiger partial charge < -0.3 is 14.4 Å². The third-order valence-corrected chi connectivity index (χ3v) is 6.11. The third kappa shape index (κ3) is 5.22. The van der Waals surface area contributed by atoms with E-state index in [9.17, 15) is 19.5 Å². The number of carboxylic acids is 1. The van der Waals surface area contributed by atoms with Crippen molar-refractivity contribution >= 4 is 35.2 Å². The zero-order valence-electron chi connectivity index (χ0n) is 20.4. The summed E-state index contributed by atoms with van der Waals surface area (Å²) in [5.41, 5.74) is 3.83. The average Bonchev–Trinajstić information content (AvgIpc) is 3.37. The third-order valence-electron chi connectivity index (χ3n) is 6.11. The van der Waals surface area contributed by atoms with Gasteiger partial charge in [-0.25, -0.2) is 9.78 Å². The lowest BCUT2D eigenvalue weighted by molar-refractivity contribution is -0.142. The van der Waals surface area contributed by atoms with E-state index in [0.29, 0.717) is 17.8 Å². The summed E-state index contributed by atoms with van der Waals surface area (Å²) < 4.78 is 7.12. The first-order chi connectivity index (χ1) is 17.4. The van der Waals surface area contributed by atoms with Crippen molar-refractivity contribution in [1.82, 2.24) is 9.55 Å². The number of hydrogen-bond acceptors (Lipinski definition) is 5. The van der Waals surface area contributed by atoms with Crippen LogP contribution in [0.15, 0.2) is 54.7 Å². The number of carbonyl (C=O) groups is 3. The number of esters is 1. The fraction of sp³-hybridized carbons (Fsp3) is 0.286. The Morgan fingerprint density at radius 3 is 2.53 bits per heavy atom. The molecular weight excluding hydrogens is 458 g/mol. The van der Waals surface area contributed by atoms with Gasteiger partial charge in [-0.15, -0.1) is 0 Å². The molecular formula is C28H29N3O5. The zero-order chi connectivity index (χ0) is 25.7. The number of aryl methyl sites for hydroxylation is 1. The van der Waals surface area contributed by atoms with Gasteiger partial charge in [0.25, 0.3) is 5.91 Å². The van der Waals surface area contributed by atoms with Crippen molar-refractivity contribution in [2.45, 2.75) is 39.7 Å². The molecule has 0 bridgehead atoms. The number of fused-ring (bicyclic) bond motifs is 1. The van der Waals surface area contributed by atoms with E-state index in [1.54, 1.807) is 37.4 Å². The molecule has 0 unspecified atom stereocenters. The number of aromatic nitrogens is 2. The van der Waals surface area contributed by atoms with Crippen molar-refractivity contribution < 1.29 is 24.2 Å². The normalized spacial score (nSPS) is 13.8. The lowest BCUT2D eigenvalue weighted by Crippen LogP contribution is -2.33. The van der Waals surface area contributed by atoms with E-state index in [1.807, 2.05) is 30.3 Å². The largest absolute Gasteiger partial charge is 0.478 e. The van der Waals surface area contributed by atoms with Gasteiger partial charge in [0.05, 0.1) is 35.3 Å². The maximum atomic E-state index is 13.4. The lowest BCUT2D eigenvalue weighted by atomic mass is 10.1. The fourth-order valence-corrected chi connectivity index (χ4v) is 4.28. The quantitative estimate of drug-likeness (QED) is 0.336. The Kier molecular flexibility index (Phi) is 7.63. The molecule has 2 heterocycles. The van der Waals surface area contributed by atoms with E-state index < -0.39 is 11.9 Å². The van der Waals surface area contributed by atoms with Crippen LogP contribution in [0.3, 0.4) is 0 Å². The Labute approximate surface area is 209 Å². The number of imidazole rings is 1. The number of hydrogen-bond donors (Lipinski definition) is 1. The second-order valence-electron chi connectivity index (χ2n) is 8.56. The summed E-state index contributed by atoms with van der Waals surface area (Å²) in [6, 6.07) is 14.1. The van der Waals surface area contributed by atoms with Crippen LogP contribution in [0.25, 0.3) is 11.6 Å². The summed E-state index contributed by atoms with van der Waals surface area (Å²) in [5, 5.41) is 9.20. The maximum absolute atomic E-state index is 13.4. The molecule has 8 nitrogen and oxygen atoms in total. The van der Waals surface area contributed by atoms with Crippen molar-refractivity contribution in [3.63, 3.8) is 0 Å². The molecule has 1 aromatic heterocycles. The summed E-state index contributed by atoms with van der Waals surface area (Å²) in [4.78, 5) is 42.9. The number of anilines is 1. The minimum Gasteiger partial charge on any atom is -0.478 e. The van der Waals surface area contributed by atoms with Gasteiger partial charge in [-0.3, -0.25) is 14.5 Å². The number of amides is 1. The van der Waals surface area contributed by atoms with E-state index in [4.69, 9.17) is 4.74 Å². The van der Waals surface area contributed by atoms with Gasteiger partial charge in [0.15, 0.2) is 0 Å². The summed E-state index contributed by atoms with van der Waals surface area (Å²) in [7, 11) is 0. The Morgan fingerprint density at radius 1 is 1.08 bits per heavy atom. The fourth-order valence-electron chi connectivity index (χ4n) is 4.28. The van der Waals surface area contributed by atoms with Crippen LogP contribution >= 0.6 is 0 Å². The number of unbranched alkanes of at least 4 members (excludes halogenated alkanes) is 1. The summed E-state index contributed by atoms with van der Waals surface area (Å²) in [6.45, 7) is 4.43. The van der Waals surface area contributed by atoms with Crippen LogP contribution in [0.4, 0.5) is 5.69 Å². The topological polar surface area (TPSA) is 102 Å². The predicted molar refractivity (Wildman–Crippen MR) is 137 cm³/mol. The smallest absolute Gasteiger partial charge is 0.335 e. The van der Waals surface area contributed by atoms with Crippen LogP contribution in [-0.2, 0) is 27.3 Å². The Morgan fingerprint density at radius 2 is 1.83 bits per heavy atom. The van der Waals surface area contributed by atoms with Crippen LogP contribution in [0, 0.1) is 0 Å². The van der Waals surface area contributed by atoms with Gasteiger partial charge in [-0.1, -0.05) is 43.7 Å². The van der Waals surface area contributed by atoms with Crippen molar-refractivity contribution in [3.8, 4) is 0 Å². The van der Waals surface area contributed by atoms with Gasteiger partial charge in [0, 0.05) is 18.5 Å². The molecule has 0 atom stereocenters. The minimum absolute atomic E-state index is 0.155. The summed E-state index contributed by atoms with van der Waals surface area (Å²) in [6.07, 6.45) is 6.35. The average molecular weight is 488 g/mol. The molecule has 0 spiro atoms. The summed E-state index contributed by atoms with van der Waals surface area (Å²) >= 11 is 0. The van der Waals surface area contributed by atoms with E-state index in [2.05, 4.69) is 16.5 Å². The second-order valence-corrected chi connectivity index (χ2v) is 8.56. The zero-order valence-corrected chi connectivity index (χ0v) is 20.4. The van der Waals surface area contributed by atoms with Crippen LogP contribution in [0.2, 0.25) is 0 Å². The van der Waals surface area contributed by atoms with Gasteiger partial charge in [0.2, 0.25) is 0 Å². The Hall–Kier alpha value is -4.20. The molecule has 8 heteroatoms. The van der Waals surface area contributed by atoms with Crippen LogP contribution in [0.5, 0.6) is 0 Å². The van der Waals surface area contributed by atoms with Gasteiger partial charge in [-0.05, 0) is 43.2 Å². The van der Waals surface area contributed by atoms with Crippen molar-refractivity contribution in [2.75, 3.05) is 18.1 Å². The van der Waals surface area contributed by atoms with Gasteiger partial charge in [0.1, 0.15) is 12.4 Å². The minimum atomic E-state index is -0.968. The number of aromatic carboxylic acids is 1. The molecule has 186 valence electrons. The maximum Gasteiger partial charge on any atom is 0.335 e. The van der Waals surface area contributed by atoms with Crippen molar-refractivity contribution in [2.24, 2.45) is 0 Å². The molecule has 0 radical (unpaired) electrons. The SMILES string of the molecule is CCCCc1ncc(C=C2C(=O)N(CC(=O)OCC)c3ccccc32)n1Cc1ccc(C(=O)O)cc1. The number of nitrogens with zero attached hydrogens (tertiary/aromatic N) is 3. The molecule has 4 rings (SSSR count).